The SMILES string of the molecule is C[Si](C)(C)CCOCn1c(-c2cccc(C(=O)O)c2)cc2nc(C=Cc3ccccc3)cnc21. The second-order valence-electron chi connectivity index (χ2n) is 9.44. The van der Waals surface area contributed by atoms with Crippen LogP contribution >= 0.6 is 0 Å². The van der Waals surface area contributed by atoms with E-state index in [4.69, 9.17) is 9.72 Å². The van der Waals surface area contributed by atoms with E-state index in [1.807, 2.05) is 59.2 Å². The highest BCUT2D eigenvalue weighted by Crippen LogP contribution is 2.28. The van der Waals surface area contributed by atoms with E-state index >= 15 is 0 Å². The Hall–Kier alpha value is -3.55. The van der Waals surface area contributed by atoms with Crippen molar-refractivity contribution in [3.05, 3.63) is 83.7 Å². The summed E-state index contributed by atoms with van der Waals surface area (Å²) in [5.41, 5.74) is 5.13. The number of hydrogen-bond acceptors (Lipinski definition) is 4. The Labute approximate surface area is 200 Å². The van der Waals surface area contributed by atoms with Crippen molar-refractivity contribution in [2.75, 3.05) is 6.61 Å². The fourth-order valence-corrected chi connectivity index (χ4v) is 4.34. The first-order valence-corrected chi connectivity index (χ1v) is 15.0. The summed E-state index contributed by atoms with van der Waals surface area (Å²) in [5, 5.41) is 9.44. The van der Waals surface area contributed by atoms with Gasteiger partial charge >= 0.3 is 5.97 Å². The zero-order valence-corrected chi connectivity index (χ0v) is 20.7. The van der Waals surface area contributed by atoms with Gasteiger partial charge in [0.25, 0.3) is 0 Å². The summed E-state index contributed by atoms with van der Waals surface area (Å²) >= 11 is 0. The summed E-state index contributed by atoms with van der Waals surface area (Å²) in [6.45, 7) is 7.96. The van der Waals surface area contributed by atoms with Crippen LogP contribution in [-0.2, 0) is 11.5 Å². The van der Waals surface area contributed by atoms with E-state index in [-0.39, 0.29) is 5.56 Å². The molecule has 0 fully saturated rings. The number of aromatic nitrogens is 3. The number of ether oxygens (including phenoxy) is 1. The van der Waals surface area contributed by atoms with Crippen molar-refractivity contribution in [1.82, 2.24) is 14.5 Å². The Morgan fingerprint density at radius 3 is 2.59 bits per heavy atom. The lowest BCUT2D eigenvalue weighted by molar-refractivity contribution is 0.0697. The van der Waals surface area contributed by atoms with Crippen molar-refractivity contribution in [3.8, 4) is 11.3 Å². The zero-order valence-electron chi connectivity index (χ0n) is 19.7. The molecule has 0 saturated heterocycles. The number of fused-ring (bicyclic) bond motifs is 1. The second kappa shape index (κ2) is 10.2. The molecule has 0 bridgehead atoms. The van der Waals surface area contributed by atoms with E-state index in [1.54, 1.807) is 24.4 Å². The van der Waals surface area contributed by atoms with Crippen LogP contribution in [0.15, 0.2) is 66.9 Å². The minimum absolute atomic E-state index is 0.237. The van der Waals surface area contributed by atoms with E-state index in [0.717, 1.165) is 34.1 Å². The normalized spacial score (nSPS) is 12.0. The van der Waals surface area contributed by atoms with Crippen LogP contribution in [0.3, 0.4) is 0 Å². The quantitative estimate of drug-likeness (QED) is 0.230. The molecule has 0 spiro atoms. The van der Waals surface area contributed by atoms with Crippen molar-refractivity contribution >= 4 is 37.4 Å². The zero-order chi connectivity index (χ0) is 24.1. The Morgan fingerprint density at radius 2 is 1.85 bits per heavy atom. The van der Waals surface area contributed by atoms with Gasteiger partial charge in [-0.1, -0.05) is 68.2 Å². The molecule has 34 heavy (non-hydrogen) atoms. The minimum Gasteiger partial charge on any atom is -0.478 e. The van der Waals surface area contributed by atoms with Gasteiger partial charge in [-0.3, -0.25) is 4.57 Å². The monoisotopic (exact) mass is 471 g/mol. The Morgan fingerprint density at radius 1 is 1.06 bits per heavy atom. The molecule has 2 aromatic heterocycles. The van der Waals surface area contributed by atoms with Gasteiger partial charge in [-0.15, -0.1) is 0 Å². The van der Waals surface area contributed by atoms with Crippen molar-refractivity contribution in [3.63, 3.8) is 0 Å². The molecule has 7 heteroatoms. The van der Waals surface area contributed by atoms with Crippen LogP contribution in [-0.4, -0.2) is 40.3 Å². The molecule has 0 radical (unpaired) electrons. The average Bonchev–Trinajstić information content (AvgIpc) is 3.18. The van der Waals surface area contributed by atoms with Crippen molar-refractivity contribution in [1.29, 1.82) is 0 Å². The van der Waals surface area contributed by atoms with E-state index in [0.29, 0.717) is 19.0 Å². The van der Waals surface area contributed by atoms with Gasteiger partial charge in [0.05, 0.1) is 23.1 Å². The number of benzene rings is 2. The fraction of sp³-hybridized carbons (Fsp3) is 0.222. The molecule has 6 nitrogen and oxygen atoms in total. The molecular formula is C27H29N3O3Si. The van der Waals surface area contributed by atoms with Gasteiger partial charge in [-0.05, 0) is 41.4 Å². The van der Waals surface area contributed by atoms with E-state index in [9.17, 15) is 9.90 Å². The predicted molar refractivity (Wildman–Crippen MR) is 139 cm³/mol. The van der Waals surface area contributed by atoms with Crippen LogP contribution in [0.1, 0.15) is 21.6 Å². The lowest BCUT2D eigenvalue weighted by Crippen LogP contribution is -2.22. The first-order chi connectivity index (χ1) is 16.3. The summed E-state index contributed by atoms with van der Waals surface area (Å²) in [7, 11) is -1.21. The molecule has 2 heterocycles. The fourth-order valence-electron chi connectivity index (χ4n) is 3.58. The number of carboxylic acid groups (broad SMARTS) is 1. The van der Waals surface area contributed by atoms with Crippen molar-refractivity contribution < 1.29 is 14.6 Å². The number of carboxylic acids is 1. The average molecular weight is 472 g/mol. The molecule has 0 aliphatic heterocycles. The molecule has 2 aromatic carbocycles. The first-order valence-electron chi connectivity index (χ1n) is 11.3. The van der Waals surface area contributed by atoms with E-state index in [2.05, 4.69) is 24.6 Å². The topological polar surface area (TPSA) is 77.2 Å². The summed E-state index contributed by atoms with van der Waals surface area (Å²) in [6, 6.07) is 20.0. The highest BCUT2D eigenvalue weighted by molar-refractivity contribution is 6.76. The van der Waals surface area contributed by atoms with E-state index in [1.165, 1.54) is 0 Å². The van der Waals surface area contributed by atoms with Crippen LogP contribution in [0.5, 0.6) is 0 Å². The molecule has 0 saturated carbocycles. The van der Waals surface area contributed by atoms with Crippen LogP contribution in [0.4, 0.5) is 0 Å². The smallest absolute Gasteiger partial charge is 0.335 e. The van der Waals surface area contributed by atoms with Gasteiger partial charge in [-0.2, -0.15) is 0 Å². The van der Waals surface area contributed by atoms with Crippen LogP contribution in [0.25, 0.3) is 34.6 Å². The van der Waals surface area contributed by atoms with Crippen LogP contribution in [0, 0.1) is 0 Å². The molecule has 1 N–H and O–H groups in total. The summed E-state index contributed by atoms with van der Waals surface area (Å²) in [5.74, 6) is -0.958. The molecular weight excluding hydrogens is 442 g/mol. The van der Waals surface area contributed by atoms with Gasteiger partial charge in [-0.25, -0.2) is 14.8 Å². The maximum atomic E-state index is 11.5. The number of rotatable bonds is 9. The third-order valence-corrected chi connectivity index (χ3v) is 7.19. The van der Waals surface area contributed by atoms with Gasteiger partial charge < -0.3 is 9.84 Å². The summed E-state index contributed by atoms with van der Waals surface area (Å²) in [6.07, 6.45) is 5.69. The highest BCUT2D eigenvalue weighted by atomic mass is 28.3. The number of hydrogen-bond donors (Lipinski definition) is 1. The van der Waals surface area contributed by atoms with Crippen molar-refractivity contribution in [2.45, 2.75) is 32.4 Å². The molecule has 0 aliphatic carbocycles. The molecule has 4 aromatic rings. The molecule has 0 aliphatic rings. The maximum Gasteiger partial charge on any atom is 0.335 e. The third kappa shape index (κ3) is 5.87. The lowest BCUT2D eigenvalue weighted by Gasteiger charge is -2.16. The maximum absolute atomic E-state index is 11.5. The summed E-state index contributed by atoms with van der Waals surface area (Å²) < 4.78 is 8.01. The molecule has 0 atom stereocenters. The molecule has 0 unspecified atom stereocenters. The second-order valence-corrected chi connectivity index (χ2v) is 15.1. The Balaban J connectivity index is 1.69. The van der Waals surface area contributed by atoms with Gasteiger partial charge in [0.2, 0.25) is 0 Å². The molecule has 0 amide bonds. The van der Waals surface area contributed by atoms with Gasteiger partial charge in [0, 0.05) is 14.7 Å². The third-order valence-electron chi connectivity index (χ3n) is 5.49. The number of carbonyl (C=O) groups is 1. The summed E-state index contributed by atoms with van der Waals surface area (Å²) in [4.78, 5) is 21.0. The van der Waals surface area contributed by atoms with Crippen molar-refractivity contribution in [2.24, 2.45) is 0 Å². The number of nitrogens with zero attached hydrogens (tertiary/aromatic N) is 3. The van der Waals surface area contributed by atoms with Crippen LogP contribution < -0.4 is 0 Å². The lowest BCUT2D eigenvalue weighted by atomic mass is 10.1. The standard InChI is InChI=1S/C27H29N3O3Si/c1-34(2,3)15-14-33-19-30-25(21-10-7-11-22(16-21)27(31)32)17-24-26(30)28-18-23(29-24)13-12-20-8-5-4-6-9-20/h4-13,16-18H,14-15,19H2,1-3H3,(H,31,32). The predicted octanol–water partition coefficient (Wildman–Crippen LogP) is 6.28. The minimum atomic E-state index is -1.21. The largest absolute Gasteiger partial charge is 0.478 e. The number of aromatic carboxylic acids is 1. The van der Waals surface area contributed by atoms with Gasteiger partial charge in [0.1, 0.15) is 12.2 Å². The van der Waals surface area contributed by atoms with Crippen LogP contribution in [0.2, 0.25) is 25.7 Å². The van der Waals surface area contributed by atoms with Gasteiger partial charge in [0.15, 0.2) is 5.65 Å². The Bertz CT molecular complexity index is 1320. The molecule has 4 rings (SSSR count). The first kappa shape index (κ1) is 23.6. The highest BCUT2D eigenvalue weighted by Gasteiger charge is 2.16. The Kier molecular flexibility index (Phi) is 7.05. The molecule has 174 valence electrons. The van der Waals surface area contributed by atoms with E-state index < -0.39 is 14.0 Å².